The molecule has 0 saturated carbocycles. The first-order valence-corrected chi connectivity index (χ1v) is 10.3. The van der Waals surface area contributed by atoms with E-state index in [4.69, 9.17) is 2.74 Å². The van der Waals surface area contributed by atoms with E-state index in [9.17, 15) is 22.4 Å². The first-order valence-electron chi connectivity index (χ1n) is 11.3. The summed E-state index contributed by atoms with van der Waals surface area (Å²) in [6, 6.07) is 7.96. The van der Waals surface area contributed by atoms with Crippen molar-refractivity contribution in [3.63, 3.8) is 0 Å². The maximum absolute atomic E-state index is 14.7. The van der Waals surface area contributed by atoms with Crippen molar-refractivity contribution >= 4 is 34.7 Å². The van der Waals surface area contributed by atoms with Crippen molar-refractivity contribution in [1.29, 1.82) is 0 Å². The number of nitrogens with zero attached hydrogens (tertiary/aromatic N) is 4. The van der Waals surface area contributed by atoms with Crippen LogP contribution in [0.1, 0.15) is 8.30 Å². The molecule has 0 fully saturated rings. The molecule has 0 atom stereocenters. The first-order chi connectivity index (χ1) is 18.0. The van der Waals surface area contributed by atoms with Gasteiger partial charge in [0.15, 0.2) is 0 Å². The SMILES string of the molecule is [2H]C([2H])=CC(=O)Nc1ccc(F)c(Nc2nc(Nc3cnn(C)c3)ncc2-c2ccc(C(F)(F)F)cc2)c1. The Morgan fingerprint density at radius 3 is 2.56 bits per heavy atom. The van der Waals surface area contributed by atoms with Crippen molar-refractivity contribution in [2.24, 2.45) is 7.05 Å². The summed E-state index contributed by atoms with van der Waals surface area (Å²) in [6.07, 6.45) is 0.783. The molecular formula is C24H19F4N7O. The Hall–Kier alpha value is -4.74. The second-order valence-electron chi connectivity index (χ2n) is 7.51. The van der Waals surface area contributed by atoms with Crippen LogP contribution >= 0.6 is 0 Å². The molecule has 12 heteroatoms. The Kier molecular flexibility index (Phi) is 5.96. The number of nitrogens with one attached hydrogen (secondary N) is 3. The van der Waals surface area contributed by atoms with Crippen LogP contribution in [-0.2, 0) is 18.0 Å². The number of anilines is 5. The molecule has 0 aliphatic rings. The second-order valence-corrected chi connectivity index (χ2v) is 7.51. The van der Waals surface area contributed by atoms with E-state index in [-0.39, 0.29) is 28.7 Å². The predicted octanol–water partition coefficient (Wildman–Crippen LogP) is 5.65. The van der Waals surface area contributed by atoms with Gasteiger partial charge in [0, 0.05) is 30.7 Å². The molecule has 0 bridgehead atoms. The average Bonchev–Trinajstić information content (AvgIpc) is 3.25. The highest BCUT2D eigenvalue weighted by atomic mass is 19.4. The first kappa shape index (κ1) is 21.8. The van der Waals surface area contributed by atoms with Gasteiger partial charge in [0.25, 0.3) is 0 Å². The fourth-order valence-corrected chi connectivity index (χ4v) is 3.21. The number of aromatic nitrogens is 4. The molecule has 0 spiro atoms. The number of carbonyl (C=O) groups excluding carboxylic acids is 1. The van der Waals surface area contributed by atoms with Gasteiger partial charge >= 0.3 is 6.18 Å². The Bertz CT molecular complexity index is 1500. The number of rotatable bonds is 7. The Labute approximate surface area is 205 Å². The maximum atomic E-state index is 14.7. The van der Waals surface area contributed by atoms with E-state index in [1.165, 1.54) is 36.7 Å². The van der Waals surface area contributed by atoms with Gasteiger partial charge in [-0.1, -0.05) is 18.7 Å². The number of benzene rings is 2. The zero-order valence-electron chi connectivity index (χ0n) is 20.6. The number of hydrogen-bond acceptors (Lipinski definition) is 6. The van der Waals surface area contributed by atoms with Crippen LogP contribution in [0.2, 0.25) is 0 Å². The highest BCUT2D eigenvalue weighted by Gasteiger charge is 2.30. The summed E-state index contributed by atoms with van der Waals surface area (Å²) >= 11 is 0. The number of halogens is 4. The van der Waals surface area contributed by atoms with Gasteiger partial charge in [0.05, 0.1) is 25.9 Å². The summed E-state index contributed by atoms with van der Waals surface area (Å²) in [4.78, 5) is 20.5. The van der Waals surface area contributed by atoms with E-state index in [0.29, 0.717) is 11.3 Å². The summed E-state index contributed by atoms with van der Waals surface area (Å²) in [5.41, 5.74) is 0.395. The van der Waals surface area contributed by atoms with Crippen LogP contribution in [0.25, 0.3) is 11.1 Å². The third-order valence-corrected chi connectivity index (χ3v) is 4.89. The van der Waals surface area contributed by atoms with Crippen LogP contribution in [0, 0.1) is 5.82 Å². The molecule has 2 aromatic carbocycles. The number of alkyl halides is 3. The summed E-state index contributed by atoms with van der Waals surface area (Å²) in [5, 5.41) is 12.2. The molecule has 8 nitrogen and oxygen atoms in total. The predicted molar refractivity (Wildman–Crippen MR) is 127 cm³/mol. The molecule has 2 heterocycles. The molecule has 4 rings (SSSR count). The van der Waals surface area contributed by atoms with E-state index >= 15 is 0 Å². The normalized spacial score (nSPS) is 11.8. The third-order valence-electron chi connectivity index (χ3n) is 4.89. The Morgan fingerprint density at radius 2 is 1.89 bits per heavy atom. The molecular weight excluding hydrogens is 478 g/mol. The van der Waals surface area contributed by atoms with Gasteiger partial charge in [-0.25, -0.2) is 9.37 Å². The minimum Gasteiger partial charge on any atom is -0.337 e. The van der Waals surface area contributed by atoms with Crippen LogP contribution in [0.3, 0.4) is 0 Å². The Morgan fingerprint density at radius 1 is 1.11 bits per heavy atom. The van der Waals surface area contributed by atoms with E-state index in [1.54, 1.807) is 17.9 Å². The van der Waals surface area contributed by atoms with E-state index in [0.717, 1.165) is 24.3 Å². The van der Waals surface area contributed by atoms with Gasteiger partial charge in [-0.15, -0.1) is 0 Å². The average molecular weight is 499 g/mol. The standard InChI is InChI=1S/C24H19F4N7O/c1-3-21(36)31-16-8-9-19(25)20(10-16)33-22-18(14-4-6-15(7-5-14)24(26,27)28)12-29-23(34-22)32-17-11-30-35(2)13-17/h3-13H,1H2,2H3,(H,31,36)(H2,29,32,33,34)/i1D2. The highest BCUT2D eigenvalue weighted by molar-refractivity contribution is 5.99. The van der Waals surface area contributed by atoms with Crippen molar-refractivity contribution in [2.75, 3.05) is 16.0 Å². The van der Waals surface area contributed by atoms with Crippen molar-refractivity contribution in [2.45, 2.75) is 6.18 Å². The van der Waals surface area contributed by atoms with Gasteiger partial charge in [0.2, 0.25) is 11.9 Å². The van der Waals surface area contributed by atoms with Crippen LogP contribution in [-0.4, -0.2) is 25.7 Å². The molecule has 1 amide bonds. The molecule has 184 valence electrons. The smallest absolute Gasteiger partial charge is 0.337 e. The van der Waals surface area contributed by atoms with Gasteiger partial charge in [-0.05, 0) is 42.0 Å². The minimum atomic E-state index is -4.52. The number of carbonyl (C=O) groups is 1. The molecule has 36 heavy (non-hydrogen) atoms. The summed E-state index contributed by atoms with van der Waals surface area (Å²) in [7, 11) is 1.71. The summed E-state index contributed by atoms with van der Waals surface area (Å²) in [6.45, 7) is -0.709. The topological polar surface area (TPSA) is 96.8 Å². The zero-order chi connectivity index (χ0) is 27.4. The number of hydrogen-bond donors (Lipinski definition) is 3. The molecule has 0 aliphatic heterocycles. The Balaban J connectivity index is 1.72. The lowest BCUT2D eigenvalue weighted by Gasteiger charge is -2.15. The molecule has 4 aromatic rings. The monoisotopic (exact) mass is 499 g/mol. The summed E-state index contributed by atoms with van der Waals surface area (Å²) < 4.78 is 69.5. The minimum absolute atomic E-state index is 0.0630. The second kappa shape index (κ2) is 9.86. The van der Waals surface area contributed by atoms with Gasteiger partial charge in [0.1, 0.15) is 11.6 Å². The van der Waals surface area contributed by atoms with Crippen LogP contribution in [0.4, 0.5) is 46.4 Å². The molecule has 0 unspecified atom stereocenters. The van der Waals surface area contributed by atoms with E-state index in [2.05, 4.69) is 31.0 Å². The molecule has 0 aliphatic carbocycles. The van der Waals surface area contributed by atoms with Crippen LogP contribution in [0.15, 0.2) is 73.7 Å². The summed E-state index contributed by atoms with van der Waals surface area (Å²) in [5.74, 6) is -1.30. The molecule has 3 N–H and O–H groups in total. The largest absolute Gasteiger partial charge is 0.416 e. The number of aryl methyl sites for hydroxylation is 1. The van der Waals surface area contributed by atoms with Crippen molar-refractivity contribution in [1.82, 2.24) is 19.7 Å². The van der Waals surface area contributed by atoms with Crippen molar-refractivity contribution < 1.29 is 25.1 Å². The molecule has 0 saturated heterocycles. The van der Waals surface area contributed by atoms with Gasteiger partial charge in [-0.2, -0.15) is 23.3 Å². The fraction of sp³-hybridized carbons (Fsp3) is 0.0833. The van der Waals surface area contributed by atoms with Crippen molar-refractivity contribution in [3.05, 3.63) is 85.0 Å². The number of amides is 1. The van der Waals surface area contributed by atoms with Crippen LogP contribution < -0.4 is 16.0 Å². The van der Waals surface area contributed by atoms with Crippen molar-refractivity contribution in [3.8, 4) is 11.1 Å². The third kappa shape index (κ3) is 5.66. The van der Waals surface area contributed by atoms with E-state index in [1.807, 2.05) is 0 Å². The van der Waals surface area contributed by atoms with Gasteiger partial charge < -0.3 is 16.0 Å². The van der Waals surface area contributed by atoms with Gasteiger partial charge in [-0.3, -0.25) is 9.48 Å². The molecule has 2 aromatic heterocycles. The van der Waals surface area contributed by atoms with E-state index < -0.39 is 30.0 Å². The maximum Gasteiger partial charge on any atom is 0.416 e. The lowest BCUT2D eigenvalue weighted by atomic mass is 10.1. The molecule has 0 radical (unpaired) electrons. The lowest BCUT2D eigenvalue weighted by Crippen LogP contribution is -2.08. The fourth-order valence-electron chi connectivity index (χ4n) is 3.21. The highest BCUT2D eigenvalue weighted by Crippen LogP contribution is 2.34. The lowest BCUT2D eigenvalue weighted by molar-refractivity contribution is -0.137. The van der Waals surface area contributed by atoms with Crippen LogP contribution in [0.5, 0.6) is 0 Å². The quantitative estimate of drug-likeness (QED) is 0.225. The zero-order valence-corrected chi connectivity index (χ0v) is 18.6.